The number of pyridine rings is 1. The highest BCUT2D eigenvalue weighted by Gasteiger charge is 2.24. The van der Waals surface area contributed by atoms with Crippen LogP contribution in [-0.4, -0.2) is 48.6 Å². The molecule has 1 aliphatic heterocycles. The second-order valence-corrected chi connectivity index (χ2v) is 7.21. The minimum Gasteiger partial charge on any atom is -0.379 e. The van der Waals surface area contributed by atoms with Crippen molar-refractivity contribution in [1.82, 2.24) is 9.88 Å². The Balaban J connectivity index is 1.83. The zero-order valence-electron chi connectivity index (χ0n) is 14.6. The predicted molar refractivity (Wildman–Crippen MR) is 100 cm³/mol. The van der Waals surface area contributed by atoms with E-state index in [2.05, 4.69) is 32.7 Å². The molecule has 7 heteroatoms. The fraction of sp³-hybridized carbons (Fsp3) is 0.444. The molecule has 0 aliphatic carbocycles. The van der Waals surface area contributed by atoms with E-state index < -0.39 is 5.91 Å². The molecule has 1 atom stereocenters. The maximum atomic E-state index is 11.8. The van der Waals surface area contributed by atoms with Gasteiger partial charge >= 0.3 is 0 Å². The molecule has 3 N–H and O–H groups in total. The van der Waals surface area contributed by atoms with E-state index in [1.807, 2.05) is 19.9 Å². The fourth-order valence-corrected chi connectivity index (χ4v) is 4.11. The van der Waals surface area contributed by atoms with Gasteiger partial charge in [-0.1, -0.05) is 6.07 Å². The lowest BCUT2D eigenvalue weighted by Crippen LogP contribution is -2.41. The Hall–Kier alpha value is -1.96. The Kier molecular flexibility index (Phi) is 5.67. The number of anilines is 1. The minimum atomic E-state index is -0.452. The lowest BCUT2D eigenvalue weighted by molar-refractivity contribution is 0.0194. The fourth-order valence-electron chi connectivity index (χ4n) is 3.25. The van der Waals surface area contributed by atoms with Crippen molar-refractivity contribution in [2.75, 3.05) is 38.2 Å². The third-order valence-corrected chi connectivity index (χ3v) is 5.39. The maximum Gasteiger partial charge on any atom is 0.252 e. The van der Waals surface area contributed by atoms with Crippen LogP contribution in [0.1, 0.15) is 32.5 Å². The number of aryl methyl sites for hydroxylation is 2. The van der Waals surface area contributed by atoms with Crippen LogP contribution in [0.4, 0.5) is 5.82 Å². The SMILES string of the molecule is Cc1cc(C)c(C(N)=O)c(NC[C@@H](c2cccs2)N2CCOCC2)n1. The molecular formula is C18H24N4O2S. The second-order valence-electron chi connectivity index (χ2n) is 6.23. The Morgan fingerprint density at radius 2 is 2.20 bits per heavy atom. The van der Waals surface area contributed by atoms with Crippen LogP contribution in [0.2, 0.25) is 0 Å². The topological polar surface area (TPSA) is 80.5 Å². The first kappa shape index (κ1) is 17.8. The largest absolute Gasteiger partial charge is 0.379 e. The van der Waals surface area contributed by atoms with Crippen molar-refractivity contribution < 1.29 is 9.53 Å². The summed E-state index contributed by atoms with van der Waals surface area (Å²) < 4.78 is 5.48. The van der Waals surface area contributed by atoms with Crippen molar-refractivity contribution in [3.05, 3.63) is 45.3 Å². The summed E-state index contributed by atoms with van der Waals surface area (Å²) in [6, 6.07) is 6.31. The molecule has 2 aromatic heterocycles. The van der Waals surface area contributed by atoms with E-state index >= 15 is 0 Å². The summed E-state index contributed by atoms with van der Waals surface area (Å²) in [5.41, 5.74) is 7.75. The highest BCUT2D eigenvalue weighted by Crippen LogP contribution is 2.27. The lowest BCUT2D eigenvalue weighted by Gasteiger charge is -2.34. The van der Waals surface area contributed by atoms with Gasteiger partial charge in [0.2, 0.25) is 0 Å². The lowest BCUT2D eigenvalue weighted by atomic mass is 10.1. The molecule has 0 spiro atoms. The Morgan fingerprint density at radius 3 is 2.84 bits per heavy atom. The van der Waals surface area contributed by atoms with Crippen LogP contribution in [-0.2, 0) is 4.74 Å². The Bertz CT molecular complexity index is 727. The second kappa shape index (κ2) is 7.95. The summed E-state index contributed by atoms with van der Waals surface area (Å²) in [6.45, 7) is 7.75. The molecule has 0 aromatic carbocycles. The van der Waals surface area contributed by atoms with E-state index in [9.17, 15) is 4.79 Å². The predicted octanol–water partition coefficient (Wildman–Crippen LogP) is 2.34. The number of aromatic nitrogens is 1. The van der Waals surface area contributed by atoms with Crippen molar-refractivity contribution in [2.45, 2.75) is 19.9 Å². The van der Waals surface area contributed by atoms with Crippen LogP contribution in [0.25, 0.3) is 0 Å². The number of hydrogen-bond donors (Lipinski definition) is 2. The molecule has 6 nitrogen and oxygen atoms in total. The number of ether oxygens (including phenoxy) is 1. The van der Waals surface area contributed by atoms with Gasteiger partial charge < -0.3 is 15.8 Å². The minimum absolute atomic E-state index is 0.215. The van der Waals surface area contributed by atoms with Gasteiger partial charge in [-0.2, -0.15) is 0 Å². The van der Waals surface area contributed by atoms with Gasteiger partial charge in [-0.05, 0) is 36.9 Å². The molecule has 1 saturated heterocycles. The number of nitrogens with zero attached hydrogens (tertiary/aromatic N) is 2. The molecule has 1 fully saturated rings. The van der Waals surface area contributed by atoms with Crippen LogP contribution in [0, 0.1) is 13.8 Å². The molecule has 1 amide bonds. The van der Waals surface area contributed by atoms with Crippen molar-refractivity contribution in [3.63, 3.8) is 0 Å². The molecule has 25 heavy (non-hydrogen) atoms. The van der Waals surface area contributed by atoms with Gasteiger partial charge in [0, 0.05) is 30.2 Å². The molecule has 2 aromatic rings. The smallest absolute Gasteiger partial charge is 0.252 e. The first-order chi connectivity index (χ1) is 12.1. The number of amides is 1. The monoisotopic (exact) mass is 360 g/mol. The number of nitrogens with one attached hydrogen (secondary N) is 1. The third-order valence-electron chi connectivity index (χ3n) is 4.41. The average Bonchev–Trinajstić information content (AvgIpc) is 3.09. The van der Waals surface area contributed by atoms with Crippen LogP contribution < -0.4 is 11.1 Å². The quantitative estimate of drug-likeness (QED) is 0.826. The standard InChI is InChI=1S/C18H24N4O2S/c1-12-10-13(2)21-18(16(12)17(19)23)20-11-14(15-4-3-9-25-15)22-5-7-24-8-6-22/h3-4,9-10,14H,5-8,11H2,1-2H3,(H2,19,23)(H,20,21)/t14-/m0/s1. The first-order valence-electron chi connectivity index (χ1n) is 8.43. The van der Waals surface area contributed by atoms with Gasteiger partial charge in [0.25, 0.3) is 5.91 Å². The summed E-state index contributed by atoms with van der Waals surface area (Å²) in [4.78, 5) is 20.1. The number of hydrogen-bond acceptors (Lipinski definition) is 6. The molecule has 134 valence electrons. The van der Waals surface area contributed by atoms with Crippen molar-refractivity contribution in [2.24, 2.45) is 5.73 Å². The van der Waals surface area contributed by atoms with Crippen molar-refractivity contribution in [3.8, 4) is 0 Å². The summed E-state index contributed by atoms with van der Waals surface area (Å²) in [7, 11) is 0. The third kappa shape index (κ3) is 4.18. The molecule has 0 radical (unpaired) electrons. The Labute approximate surface area is 152 Å². The van der Waals surface area contributed by atoms with E-state index in [0.29, 0.717) is 17.9 Å². The molecule has 0 saturated carbocycles. The summed E-state index contributed by atoms with van der Waals surface area (Å²) in [5.74, 6) is 0.117. The molecule has 3 heterocycles. The average molecular weight is 360 g/mol. The molecule has 3 rings (SSSR count). The van der Waals surface area contributed by atoms with Gasteiger partial charge in [-0.15, -0.1) is 11.3 Å². The van der Waals surface area contributed by atoms with Gasteiger partial charge in [-0.3, -0.25) is 9.69 Å². The van der Waals surface area contributed by atoms with E-state index in [0.717, 1.165) is 37.6 Å². The van der Waals surface area contributed by atoms with E-state index in [1.165, 1.54) is 4.88 Å². The van der Waals surface area contributed by atoms with Gasteiger partial charge in [-0.25, -0.2) is 4.98 Å². The molecule has 1 aliphatic rings. The van der Waals surface area contributed by atoms with Crippen molar-refractivity contribution >= 4 is 23.1 Å². The number of thiophene rings is 1. The zero-order chi connectivity index (χ0) is 17.8. The summed E-state index contributed by atoms with van der Waals surface area (Å²) in [6.07, 6.45) is 0. The van der Waals surface area contributed by atoms with Crippen LogP contribution in [0.3, 0.4) is 0 Å². The number of primary amides is 1. The Morgan fingerprint density at radius 1 is 1.44 bits per heavy atom. The van der Waals surface area contributed by atoms with Crippen LogP contribution >= 0.6 is 11.3 Å². The normalized spacial score (nSPS) is 16.6. The number of nitrogens with two attached hydrogens (primary N) is 1. The number of carbonyl (C=O) groups is 1. The van der Waals surface area contributed by atoms with Crippen molar-refractivity contribution in [1.29, 1.82) is 0 Å². The van der Waals surface area contributed by atoms with Gasteiger partial charge in [0.15, 0.2) is 0 Å². The van der Waals surface area contributed by atoms with E-state index in [-0.39, 0.29) is 6.04 Å². The van der Waals surface area contributed by atoms with Gasteiger partial charge in [0.05, 0.1) is 24.8 Å². The number of carbonyl (C=O) groups excluding carboxylic acids is 1. The number of rotatable bonds is 6. The summed E-state index contributed by atoms with van der Waals surface area (Å²) in [5, 5.41) is 5.46. The zero-order valence-corrected chi connectivity index (χ0v) is 15.4. The van der Waals surface area contributed by atoms with E-state index in [4.69, 9.17) is 10.5 Å². The highest BCUT2D eigenvalue weighted by atomic mass is 32.1. The van der Waals surface area contributed by atoms with Gasteiger partial charge in [0.1, 0.15) is 5.82 Å². The molecular weight excluding hydrogens is 336 g/mol. The van der Waals surface area contributed by atoms with Crippen LogP contribution in [0.5, 0.6) is 0 Å². The maximum absolute atomic E-state index is 11.8. The first-order valence-corrected chi connectivity index (χ1v) is 9.31. The molecule has 0 unspecified atom stereocenters. The highest BCUT2D eigenvalue weighted by molar-refractivity contribution is 7.10. The summed E-state index contributed by atoms with van der Waals surface area (Å²) >= 11 is 1.74. The van der Waals surface area contributed by atoms with Crippen LogP contribution in [0.15, 0.2) is 23.6 Å². The van der Waals surface area contributed by atoms with E-state index in [1.54, 1.807) is 11.3 Å². The number of morpholine rings is 1. The molecule has 0 bridgehead atoms.